The number of phenols is 1. The van der Waals surface area contributed by atoms with Crippen molar-refractivity contribution in [3.8, 4) is 5.75 Å². The number of anilines is 2. The Balaban J connectivity index is 2.38. The van der Waals surface area contributed by atoms with Crippen molar-refractivity contribution in [2.24, 2.45) is 0 Å². The Hall–Kier alpha value is -3.27. The number of phenolic OH excluding ortho intramolecular Hbond substituents is 1. The van der Waals surface area contributed by atoms with E-state index in [1.165, 1.54) is 17.0 Å². The van der Waals surface area contributed by atoms with Crippen LogP contribution in [0.3, 0.4) is 0 Å². The van der Waals surface area contributed by atoms with Gasteiger partial charge in [-0.05, 0) is 30.3 Å². The van der Waals surface area contributed by atoms with Crippen LogP contribution in [-0.4, -0.2) is 51.6 Å². The van der Waals surface area contributed by atoms with Crippen molar-refractivity contribution >= 4 is 33.4 Å². The van der Waals surface area contributed by atoms with Crippen LogP contribution in [0.2, 0.25) is 0 Å². The summed E-state index contributed by atoms with van der Waals surface area (Å²) in [5.41, 5.74) is 0.113. The molecule has 27 heavy (non-hydrogen) atoms. The Morgan fingerprint density at radius 1 is 1.07 bits per heavy atom. The molecule has 144 valence electrons. The number of sulfonamides is 1. The monoisotopic (exact) mass is 393 g/mol. The number of benzene rings is 2. The largest absolute Gasteiger partial charge is 0.507 e. The molecule has 3 N–H and O–H groups in total. The molecule has 2 amide bonds. The molecular formula is C17H19N3O6S. The van der Waals surface area contributed by atoms with Gasteiger partial charge in [-0.25, -0.2) is 18.0 Å². The number of esters is 1. The van der Waals surface area contributed by atoms with Crippen LogP contribution >= 0.6 is 0 Å². The molecule has 0 radical (unpaired) electrons. The van der Waals surface area contributed by atoms with Gasteiger partial charge in [0.2, 0.25) is 0 Å². The molecule has 10 heteroatoms. The lowest BCUT2D eigenvalue weighted by Gasteiger charge is -2.16. The SMILES string of the molecule is COC(=O)c1cc(S(=O)(=O)Nc2ccccc2NC(=O)N(C)C)ccc1O. The van der Waals surface area contributed by atoms with E-state index in [2.05, 4.69) is 14.8 Å². The number of urea groups is 1. The van der Waals surface area contributed by atoms with E-state index in [4.69, 9.17) is 0 Å². The Morgan fingerprint density at radius 3 is 2.30 bits per heavy atom. The summed E-state index contributed by atoms with van der Waals surface area (Å²) in [6, 6.07) is 9.05. The molecule has 0 aromatic heterocycles. The zero-order chi connectivity index (χ0) is 20.2. The second-order valence-corrected chi connectivity index (χ2v) is 7.33. The first-order chi connectivity index (χ1) is 12.7. The first-order valence-electron chi connectivity index (χ1n) is 7.67. The van der Waals surface area contributed by atoms with Crippen molar-refractivity contribution < 1.29 is 27.9 Å². The smallest absolute Gasteiger partial charge is 0.341 e. The molecule has 0 bridgehead atoms. The molecule has 0 aliphatic heterocycles. The zero-order valence-electron chi connectivity index (χ0n) is 14.9. The highest BCUT2D eigenvalue weighted by Gasteiger charge is 2.21. The highest BCUT2D eigenvalue weighted by Crippen LogP contribution is 2.27. The summed E-state index contributed by atoms with van der Waals surface area (Å²) in [7, 11) is 0.106. The predicted molar refractivity (Wildman–Crippen MR) is 99.4 cm³/mol. The molecule has 0 atom stereocenters. The fourth-order valence-corrected chi connectivity index (χ4v) is 3.17. The quantitative estimate of drug-likeness (QED) is 0.668. The van der Waals surface area contributed by atoms with Gasteiger partial charge in [0.25, 0.3) is 10.0 Å². The Bertz CT molecular complexity index is 972. The third-order valence-electron chi connectivity index (χ3n) is 3.50. The van der Waals surface area contributed by atoms with Gasteiger partial charge < -0.3 is 20.1 Å². The molecule has 0 aliphatic carbocycles. The Kier molecular flexibility index (Phi) is 5.91. The lowest BCUT2D eigenvalue weighted by atomic mass is 10.2. The predicted octanol–water partition coefficient (Wildman–Crippen LogP) is 2.07. The number of hydrogen-bond donors (Lipinski definition) is 3. The number of methoxy groups -OCH3 is 1. The van der Waals surface area contributed by atoms with Crippen molar-refractivity contribution in [3.63, 3.8) is 0 Å². The molecule has 9 nitrogen and oxygen atoms in total. The van der Waals surface area contributed by atoms with Crippen LogP contribution in [0, 0.1) is 0 Å². The van der Waals surface area contributed by atoms with E-state index in [0.29, 0.717) is 0 Å². The standard InChI is InChI=1S/C17H19N3O6S/c1-20(2)17(23)18-13-6-4-5-7-14(13)19-27(24,25)11-8-9-15(21)12(10-11)16(22)26-3/h4-10,19,21H,1-3H3,(H,18,23). The number of nitrogens with one attached hydrogen (secondary N) is 2. The molecule has 0 heterocycles. The minimum Gasteiger partial charge on any atom is -0.507 e. The van der Waals surface area contributed by atoms with Gasteiger partial charge in [-0.3, -0.25) is 4.72 Å². The number of carbonyl (C=O) groups is 2. The second kappa shape index (κ2) is 7.96. The average molecular weight is 393 g/mol. The number of aromatic hydroxyl groups is 1. The van der Waals surface area contributed by atoms with E-state index in [0.717, 1.165) is 25.3 Å². The third-order valence-corrected chi connectivity index (χ3v) is 4.87. The van der Waals surface area contributed by atoms with E-state index < -0.39 is 27.8 Å². The summed E-state index contributed by atoms with van der Waals surface area (Å²) in [6.07, 6.45) is 0. The van der Waals surface area contributed by atoms with Crippen LogP contribution in [0.4, 0.5) is 16.2 Å². The van der Waals surface area contributed by atoms with E-state index in [9.17, 15) is 23.1 Å². The van der Waals surface area contributed by atoms with Gasteiger partial charge in [-0.15, -0.1) is 0 Å². The number of ether oxygens (including phenoxy) is 1. The molecule has 2 rings (SSSR count). The Morgan fingerprint density at radius 2 is 1.70 bits per heavy atom. The summed E-state index contributed by atoms with van der Waals surface area (Å²) in [5, 5.41) is 12.3. The minimum atomic E-state index is -4.11. The zero-order valence-corrected chi connectivity index (χ0v) is 15.7. The van der Waals surface area contributed by atoms with Gasteiger partial charge in [0.05, 0.1) is 23.4 Å². The third kappa shape index (κ3) is 4.67. The number of rotatable bonds is 5. The molecule has 0 unspecified atom stereocenters. The first kappa shape index (κ1) is 20.0. The van der Waals surface area contributed by atoms with Gasteiger partial charge >= 0.3 is 12.0 Å². The van der Waals surface area contributed by atoms with Crippen LogP contribution in [0.5, 0.6) is 5.75 Å². The van der Waals surface area contributed by atoms with Gasteiger partial charge in [0.1, 0.15) is 11.3 Å². The number of nitrogens with zero attached hydrogens (tertiary/aromatic N) is 1. The van der Waals surface area contributed by atoms with E-state index in [-0.39, 0.29) is 21.8 Å². The van der Waals surface area contributed by atoms with Gasteiger partial charge in [0.15, 0.2) is 0 Å². The number of para-hydroxylation sites is 2. The fourth-order valence-electron chi connectivity index (χ4n) is 2.07. The molecule has 0 spiro atoms. The van der Waals surface area contributed by atoms with E-state index >= 15 is 0 Å². The number of hydrogen-bond acceptors (Lipinski definition) is 6. The minimum absolute atomic E-state index is 0.139. The highest BCUT2D eigenvalue weighted by molar-refractivity contribution is 7.92. The first-order valence-corrected chi connectivity index (χ1v) is 9.15. The maximum absolute atomic E-state index is 12.7. The molecule has 0 saturated heterocycles. The van der Waals surface area contributed by atoms with Crippen LogP contribution < -0.4 is 10.0 Å². The highest BCUT2D eigenvalue weighted by atomic mass is 32.2. The second-order valence-electron chi connectivity index (χ2n) is 5.65. The van der Waals surface area contributed by atoms with Crippen LogP contribution in [0.15, 0.2) is 47.4 Å². The topological polar surface area (TPSA) is 125 Å². The van der Waals surface area contributed by atoms with Crippen molar-refractivity contribution in [2.45, 2.75) is 4.90 Å². The fraction of sp³-hybridized carbons (Fsp3) is 0.176. The lowest BCUT2D eigenvalue weighted by Crippen LogP contribution is -2.28. The van der Waals surface area contributed by atoms with E-state index in [1.54, 1.807) is 26.2 Å². The van der Waals surface area contributed by atoms with Crippen molar-refractivity contribution in [3.05, 3.63) is 48.0 Å². The van der Waals surface area contributed by atoms with Crippen molar-refractivity contribution in [1.82, 2.24) is 4.90 Å². The average Bonchev–Trinajstić information content (AvgIpc) is 2.62. The summed E-state index contributed by atoms with van der Waals surface area (Å²) < 4.78 is 32.2. The van der Waals surface area contributed by atoms with Gasteiger partial charge in [0, 0.05) is 14.1 Å². The summed E-state index contributed by atoms with van der Waals surface area (Å²) >= 11 is 0. The van der Waals surface area contributed by atoms with Crippen LogP contribution in [0.1, 0.15) is 10.4 Å². The lowest BCUT2D eigenvalue weighted by molar-refractivity contribution is 0.0597. The van der Waals surface area contributed by atoms with Crippen LogP contribution in [0.25, 0.3) is 0 Å². The van der Waals surface area contributed by atoms with Crippen LogP contribution in [-0.2, 0) is 14.8 Å². The van der Waals surface area contributed by atoms with E-state index in [1.807, 2.05) is 0 Å². The summed E-state index contributed by atoms with van der Waals surface area (Å²) in [6.45, 7) is 0. The van der Waals surface area contributed by atoms with Gasteiger partial charge in [-0.2, -0.15) is 0 Å². The molecule has 0 aliphatic rings. The number of carbonyl (C=O) groups excluding carboxylic acids is 2. The normalized spacial score (nSPS) is 10.8. The molecule has 2 aromatic carbocycles. The molecule has 0 saturated carbocycles. The summed E-state index contributed by atoms with van der Waals surface area (Å²) in [5.74, 6) is -1.28. The van der Waals surface area contributed by atoms with Gasteiger partial charge in [-0.1, -0.05) is 12.1 Å². The van der Waals surface area contributed by atoms with Crippen molar-refractivity contribution in [2.75, 3.05) is 31.2 Å². The summed E-state index contributed by atoms with van der Waals surface area (Å²) in [4.78, 5) is 24.6. The molecular weight excluding hydrogens is 374 g/mol. The Labute approximate surface area is 156 Å². The molecule has 2 aromatic rings. The van der Waals surface area contributed by atoms with Crippen molar-refractivity contribution in [1.29, 1.82) is 0 Å². The maximum atomic E-state index is 12.7. The maximum Gasteiger partial charge on any atom is 0.341 e. The molecule has 0 fully saturated rings. The number of amides is 2.